The number of carbonyl (C=O) groups excluding carboxylic acids is 1. The van der Waals surface area contributed by atoms with Gasteiger partial charge in [0.1, 0.15) is 11.2 Å². The quantitative estimate of drug-likeness (QED) is 0.790. The molecule has 0 atom stereocenters. The van der Waals surface area contributed by atoms with E-state index in [4.69, 9.17) is 4.74 Å². The van der Waals surface area contributed by atoms with Crippen LogP contribution in [0.4, 0.5) is 0 Å². The van der Waals surface area contributed by atoms with Crippen molar-refractivity contribution in [2.45, 2.75) is 6.92 Å². The van der Waals surface area contributed by atoms with Crippen molar-refractivity contribution in [3.63, 3.8) is 0 Å². The molecule has 6 nitrogen and oxygen atoms in total. The Morgan fingerprint density at radius 3 is 3.00 bits per heavy atom. The summed E-state index contributed by atoms with van der Waals surface area (Å²) in [5, 5.41) is 3.02. The van der Waals surface area contributed by atoms with Crippen LogP contribution in [0, 0.1) is 6.92 Å². The average molecular weight is 261 g/mol. The summed E-state index contributed by atoms with van der Waals surface area (Å²) in [6.07, 6.45) is 1.39. The van der Waals surface area contributed by atoms with Gasteiger partial charge in [-0.1, -0.05) is 0 Å². The molecule has 0 aliphatic carbocycles. The number of H-pyrrole nitrogens is 1. The molecule has 0 bridgehead atoms. The van der Waals surface area contributed by atoms with Crippen molar-refractivity contribution in [2.24, 2.45) is 0 Å². The second-order valence-electron chi connectivity index (χ2n) is 4.13. The number of hydrogen-bond acceptors (Lipinski definition) is 4. The maximum atomic E-state index is 12.2. The van der Waals surface area contributed by atoms with Crippen molar-refractivity contribution < 1.29 is 9.53 Å². The molecule has 0 aliphatic rings. The van der Waals surface area contributed by atoms with Gasteiger partial charge in [0, 0.05) is 25.5 Å². The molecule has 0 spiro atoms. The lowest BCUT2D eigenvalue weighted by atomic mass is 10.2. The number of fused-ring (bicyclic) bond motifs is 1. The zero-order valence-electron chi connectivity index (χ0n) is 10.8. The molecule has 0 unspecified atom stereocenters. The van der Waals surface area contributed by atoms with E-state index in [-0.39, 0.29) is 11.0 Å². The zero-order chi connectivity index (χ0) is 13.8. The Labute approximate surface area is 109 Å². The SMILES string of the molecule is COCCNC(=O)c1c[nH]c2nc(C)ccc2c1=O. The predicted molar refractivity (Wildman–Crippen MR) is 71.3 cm³/mol. The van der Waals surface area contributed by atoms with Crippen LogP contribution in [0.3, 0.4) is 0 Å². The highest BCUT2D eigenvalue weighted by Gasteiger charge is 2.12. The minimum absolute atomic E-state index is 0.0780. The van der Waals surface area contributed by atoms with Gasteiger partial charge in [0.05, 0.1) is 12.0 Å². The van der Waals surface area contributed by atoms with Crippen LogP contribution in [0.15, 0.2) is 23.1 Å². The smallest absolute Gasteiger partial charge is 0.256 e. The molecule has 0 aromatic carbocycles. The molecule has 2 N–H and O–H groups in total. The Kier molecular flexibility index (Phi) is 3.91. The molecule has 100 valence electrons. The zero-order valence-corrected chi connectivity index (χ0v) is 10.8. The average Bonchev–Trinajstić information content (AvgIpc) is 2.39. The number of ether oxygens (including phenoxy) is 1. The number of nitrogens with one attached hydrogen (secondary N) is 2. The van der Waals surface area contributed by atoms with E-state index in [2.05, 4.69) is 15.3 Å². The molecule has 6 heteroatoms. The van der Waals surface area contributed by atoms with Gasteiger partial charge in [-0.05, 0) is 19.1 Å². The summed E-state index contributed by atoms with van der Waals surface area (Å²) < 4.78 is 4.83. The second-order valence-corrected chi connectivity index (χ2v) is 4.13. The molecular weight excluding hydrogens is 246 g/mol. The van der Waals surface area contributed by atoms with Crippen molar-refractivity contribution in [2.75, 3.05) is 20.3 Å². The summed E-state index contributed by atoms with van der Waals surface area (Å²) in [4.78, 5) is 31.1. The molecule has 2 aromatic heterocycles. The normalized spacial score (nSPS) is 10.6. The van der Waals surface area contributed by atoms with E-state index in [9.17, 15) is 9.59 Å². The van der Waals surface area contributed by atoms with Gasteiger partial charge < -0.3 is 15.0 Å². The van der Waals surface area contributed by atoms with Gasteiger partial charge in [-0.2, -0.15) is 0 Å². The number of rotatable bonds is 4. The fourth-order valence-corrected chi connectivity index (χ4v) is 1.73. The third kappa shape index (κ3) is 2.79. The number of nitrogens with zero attached hydrogens (tertiary/aromatic N) is 1. The maximum Gasteiger partial charge on any atom is 0.256 e. The summed E-state index contributed by atoms with van der Waals surface area (Å²) in [5.41, 5.74) is 1.05. The lowest BCUT2D eigenvalue weighted by Crippen LogP contribution is -2.31. The van der Waals surface area contributed by atoms with Crippen LogP contribution in [0.2, 0.25) is 0 Å². The second kappa shape index (κ2) is 5.62. The molecule has 1 amide bonds. The van der Waals surface area contributed by atoms with E-state index in [0.717, 1.165) is 5.69 Å². The van der Waals surface area contributed by atoms with E-state index in [1.54, 1.807) is 19.2 Å². The number of hydrogen-bond donors (Lipinski definition) is 2. The van der Waals surface area contributed by atoms with Gasteiger partial charge in [0.25, 0.3) is 5.91 Å². The molecule has 0 aliphatic heterocycles. The first kappa shape index (κ1) is 13.2. The topological polar surface area (TPSA) is 84.1 Å². The van der Waals surface area contributed by atoms with Gasteiger partial charge in [-0.25, -0.2) is 4.98 Å². The largest absolute Gasteiger partial charge is 0.383 e. The molecule has 0 saturated carbocycles. The highest BCUT2D eigenvalue weighted by atomic mass is 16.5. The summed E-state index contributed by atoms with van der Waals surface area (Å²) >= 11 is 0. The van der Waals surface area contributed by atoms with Gasteiger partial charge >= 0.3 is 0 Å². The predicted octanol–water partition coefficient (Wildman–Crippen LogP) is 0.608. The van der Waals surface area contributed by atoms with Crippen LogP contribution in [-0.4, -0.2) is 36.1 Å². The summed E-state index contributed by atoms with van der Waals surface area (Å²) in [6, 6.07) is 3.41. The summed E-state index contributed by atoms with van der Waals surface area (Å²) in [6.45, 7) is 2.60. The van der Waals surface area contributed by atoms with Gasteiger partial charge in [0.15, 0.2) is 0 Å². The first-order valence-corrected chi connectivity index (χ1v) is 5.89. The lowest BCUT2D eigenvalue weighted by molar-refractivity contribution is 0.0936. The third-order valence-electron chi connectivity index (χ3n) is 2.71. The summed E-state index contributed by atoms with van der Waals surface area (Å²) in [7, 11) is 1.54. The Morgan fingerprint density at radius 1 is 1.47 bits per heavy atom. The van der Waals surface area contributed by atoms with Crippen LogP contribution in [-0.2, 0) is 4.74 Å². The number of aromatic amines is 1. The van der Waals surface area contributed by atoms with E-state index >= 15 is 0 Å². The molecule has 2 rings (SSSR count). The molecular formula is C13H15N3O3. The van der Waals surface area contributed by atoms with Crippen LogP contribution >= 0.6 is 0 Å². The fourth-order valence-electron chi connectivity index (χ4n) is 1.73. The van der Waals surface area contributed by atoms with Crippen molar-refractivity contribution in [3.05, 3.63) is 39.8 Å². The molecule has 2 aromatic rings. The number of aryl methyl sites for hydroxylation is 1. The number of carbonyl (C=O) groups is 1. The highest BCUT2D eigenvalue weighted by molar-refractivity contribution is 5.96. The minimum Gasteiger partial charge on any atom is -0.383 e. The van der Waals surface area contributed by atoms with Crippen molar-refractivity contribution in [3.8, 4) is 0 Å². The number of pyridine rings is 2. The van der Waals surface area contributed by atoms with Gasteiger partial charge in [-0.3, -0.25) is 9.59 Å². The van der Waals surface area contributed by atoms with E-state index in [0.29, 0.717) is 24.2 Å². The van der Waals surface area contributed by atoms with E-state index in [1.807, 2.05) is 6.92 Å². The van der Waals surface area contributed by atoms with Crippen molar-refractivity contribution >= 4 is 16.9 Å². The molecule has 2 heterocycles. The number of amides is 1. The first-order valence-electron chi connectivity index (χ1n) is 5.89. The molecule has 0 fully saturated rings. The fraction of sp³-hybridized carbons (Fsp3) is 0.308. The standard InChI is InChI=1S/C13H15N3O3/c1-8-3-4-9-11(17)10(7-15-12(9)16-8)13(18)14-5-6-19-2/h3-4,7H,5-6H2,1-2H3,(H,14,18)(H,15,16,17). The Hall–Kier alpha value is -2.21. The van der Waals surface area contributed by atoms with Gasteiger partial charge in [0.2, 0.25) is 5.43 Å². The lowest BCUT2D eigenvalue weighted by Gasteiger charge is -2.05. The number of aromatic nitrogens is 2. The first-order chi connectivity index (χ1) is 9.13. The Balaban J connectivity index is 2.35. The monoisotopic (exact) mass is 261 g/mol. The van der Waals surface area contributed by atoms with Crippen LogP contribution in [0.25, 0.3) is 11.0 Å². The number of methoxy groups -OCH3 is 1. The molecule has 19 heavy (non-hydrogen) atoms. The van der Waals surface area contributed by atoms with E-state index in [1.165, 1.54) is 6.20 Å². The van der Waals surface area contributed by atoms with Crippen LogP contribution in [0.1, 0.15) is 16.1 Å². The molecule has 0 radical (unpaired) electrons. The highest BCUT2D eigenvalue weighted by Crippen LogP contribution is 2.06. The van der Waals surface area contributed by atoms with Gasteiger partial charge in [-0.15, -0.1) is 0 Å². The molecule has 0 saturated heterocycles. The minimum atomic E-state index is -0.416. The Morgan fingerprint density at radius 2 is 2.26 bits per heavy atom. The Bertz CT molecular complexity index is 664. The van der Waals surface area contributed by atoms with E-state index < -0.39 is 5.91 Å². The van der Waals surface area contributed by atoms with Crippen molar-refractivity contribution in [1.82, 2.24) is 15.3 Å². The van der Waals surface area contributed by atoms with Crippen molar-refractivity contribution in [1.29, 1.82) is 0 Å². The van der Waals surface area contributed by atoms with Crippen LogP contribution in [0.5, 0.6) is 0 Å². The summed E-state index contributed by atoms with van der Waals surface area (Å²) in [5.74, 6) is -0.416. The maximum absolute atomic E-state index is 12.2. The van der Waals surface area contributed by atoms with Crippen LogP contribution < -0.4 is 10.7 Å². The third-order valence-corrected chi connectivity index (χ3v) is 2.71.